The van der Waals surface area contributed by atoms with Gasteiger partial charge in [0.2, 0.25) is 17.7 Å². The number of benzene rings is 2. The van der Waals surface area contributed by atoms with Gasteiger partial charge in [-0.2, -0.15) is 0 Å². The molecule has 2 aromatic rings. The molecule has 2 aliphatic heterocycles. The molecule has 2 aliphatic rings. The molecule has 0 saturated carbocycles. The summed E-state index contributed by atoms with van der Waals surface area (Å²) in [7, 11) is 3.71. The summed E-state index contributed by atoms with van der Waals surface area (Å²) in [4.78, 5) is 44.5. The highest BCUT2D eigenvalue weighted by Gasteiger charge is 2.46. The molecule has 0 radical (unpaired) electrons. The Labute approximate surface area is 229 Å². The number of likely N-dealkylation sites (tertiary alicyclic amines) is 1. The highest BCUT2D eigenvalue weighted by atomic mass is 16.5. The molecule has 9 heteroatoms. The largest absolute Gasteiger partial charge is 0.507 e. The molecule has 208 valence electrons. The number of nitrogens with zero attached hydrogens (tertiary/aromatic N) is 2. The Kier molecular flexibility index (Phi) is 8.91. The number of aromatic hydroxyl groups is 1. The molecule has 0 aliphatic carbocycles. The predicted molar refractivity (Wildman–Crippen MR) is 149 cm³/mol. The van der Waals surface area contributed by atoms with Crippen molar-refractivity contribution in [3.63, 3.8) is 0 Å². The zero-order valence-corrected chi connectivity index (χ0v) is 23.0. The summed E-state index contributed by atoms with van der Waals surface area (Å²) in [5.41, 5.74) is 1.48. The van der Waals surface area contributed by atoms with Crippen LogP contribution in [0.3, 0.4) is 0 Å². The van der Waals surface area contributed by atoms with Crippen LogP contribution in [-0.2, 0) is 20.8 Å². The fourth-order valence-corrected chi connectivity index (χ4v) is 5.12. The minimum absolute atomic E-state index is 0.0323. The van der Waals surface area contributed by atoms with Gasteiger partial charge in [-0.3, -0.25) is 19.3 Å². The number of rotatable bonds is 6. The monoisotopic (exact) mass is 534 g/mol. The van der Waals surface area contributed by atoms with E-state index in [0.29, 0.717) is 37.1 Å². The van der Waals surface area contributed by atoms with E-state index in [1.54, 1.807) is 23.1 Å². The van der Waals surface area contributed by atoms with E-state index in [0.717, 1.165) is 5.56 Å². The second-order valence-electron chi connectivity index (χ2n) is 10.5. The number of likely N-dealkylation sites (N-methyl/N-ethyl adjacent to an activating group) is 1. The highest BCUT2D eigenvalue weighted by Crippen LogP contribution is 2.30. The van der Waals surface area contributed by atoms with Gasteiger partial charge in [-0.05, 0) is 56.3 Å². The fourth-order valence-electron chi connectivity index (χ4n) is 5.12. The summed E-state index contributed by atoms with van der Waals surface area (Å²) in [6.45, 7) is 4.19. The van der Waals surface area contributed by atoms with Gasteiger partial charge in [-0.15, -0.1) is 0 Å². The molecule has 4 rings (SSSR count). The number of phenolic OH excluding ortho intramolecular Hbond substituents is 1. The van der Waals surface area contributed by atoms with Gasteiger partial charge in [0, 0.05) is 24.7 Å². The summed E-state index contributed by atoms with van der Waals surface area (Å²) in [5.74, 6) is -0.624. The molecule has 2 aromatic carbocycles. The summed E-state index contributed by atoms with van der Waals surface area (Å²) >= 11 is 0. The molecule has 3 N–H and O–H groups in total. The molecule has 2 heterocycles. The van der Waals surface area contributed by atoms with Crippen LogP contribution in [0.15, 0.2) is 54.7 Å². The number of hydrogen-bond acceptors (Lipinski definition) is 6. The minimum atomic E-state index is -0.930. The van der Waals surface area contributed by atoms with E-state index >= 15 is 0 Å². The van der Waals surface area contributed by atoms with Crippen LogP contribution >= 0.6 is 0 Å². The quantitative estimate of drug-likeness (QED) is 0.525. The second kappa shape index (κ2) is 12.3. The molecule has 9 nitrogen and oxygen atoms in total. The Morgan fingerprint density at radius 2 is 1.90 bits per heavy atom. The lowest BCUT2D eigenvalue weighted by Gasteiger charge is -2.34. The van der Waals surface area contributed by atoms with Gasteiger partial charge < -0.3 is 25.4 Å². The minimum Gasteiger partial charge on any atom is -0.507 e. The van der Waals surface area contributed by atoms with E-state index in [4.69, 9.17) is 4.74 Å². The number of ether oxygens (including phenoxy) is 1. The number of carbonyl (C=O) groups excluding carboxylic acids is 3. The number of carbonyl (C=O) groups is 3. The summed E-state index contributed by atoms with van der Waals surface area (Å²) in [6.07, 6.45) is 4.01. The Balaban J connectivity index is 1.70. The third-order valence-corrected chi connectivity index (χ3v) is 7.64. The smallest absolute Gasteiger partial charge is 0.247 e. The van der Waals surface area contributed by atoms with Gasteiger partial charge in [-0.25, -0.2) is 0 Å². The molecule has 1 fully saturated rings. The average molecular weight is 535 g/mol. The van der Waals surface area contributed by atoms with Crippen molar-refractivity contribution in [1.29, 1.82) is 0 Å². The molecule has 5 atom stereocenters. The number of phenols is 1. The first-order valence-electron chi connectivity index (χ1n) is 13.5. The van der Waals surface area contributed by atoms with Gasteiger partial charge in [0.15, 0.2) is 0 Å². The average Bonchev–Trinajstić information content (AvgIpc) is 3.34. The van der Waals surface area contributed by atoms with Crippen LogP contribution in [0, 0.1) is 5.92 Å². The molecule has 1 saturated heterocycles. The molecule has 3 amide bonds. The molecule has 2 bridgehead atoms. The van der Waals surface area contributed by atoms with E-state index < -0.39 is 30.1 Å². The van der Waals surface area contributed by atoms with Crippen molar-refractivity contribution in [2.24, 2.45) is 5.92 Å². The van der Waals surface area contributed by atoms with Crippen LogP contribution < -0.4 is 15.4 Å². The van der Waals surface area contributed by atoms with E-state index in [9.17, 15) is 19.5 Å². The van der Waals surface area contributed by atoms with Gasteiger partial charge >= 0.3 is 0 Å². The van der Waals surface area contributed by atoms with Crippen molar-refractivity contribution in [2.75, 3.05) is 20.6 Å². The Hall–Kier alpha value is -3.85. The van der Waals surface area contributed by atoms with Crippen molar-refractivity contribution in [3.8, 4) is 11.5 Å². The lowest BCUT2D eigenvalue weighted by molar-refractivity contribution is -0.144. The van der Waals surface area contributed by atoms with E-state index in [2.05, 4.69) is 10.6 Å². The maximum Gasteiger partial charge on any atom is 0.247 e. The molecule has 0 unspecified atom stereocenters. The summed E-state index contributed by atoms with van der Waals surface area (Å²) < 4.78 is 6.29. The standard InChI is InChI=1S/C30H38N4O5/c1-5-19(2)26-28(36)31-15-13-21-18-22(11-12-24(21)35)39-25-14-16-34(27(25)29(37)32-26)30(38)23(33(3)4)17-20-9-7-6-8-10-20/h6-13,15,18-19,23,25-27,35H,5,14,16-17H2,1-4H3,(H,31,36)(H,32,37)/b15-13+/t19-,23+,25+,26-,27-/m1/s1. The maximum atomic E-state index is 14.0. The Morgan fingerprint density at radius 1 is 1.15 bits per heavy atom. The molecular weight excluding hydrogens is 496 g/mol. The van der Waals surface area contributed by atoms with Gasteiger partial charge in [0.05, 0.1) is 6.04 Å². The lowest BCUT2D eigenvalue weighted by Crippen LogP contribution is -2.59. The number of nitrogens with one attached hydrogen (secondary N) is 2. The molecular formula is C30H38N4O5. The summed E-state index contributed by atoms with van der Waals surface area (Å²) in [6, 6.07) is 12.3. The summed E-state index contributed by atoms with van der Waals surface area (Å²) in [5, 5.41) is 16.0. The van der Waals surface area contributed by atoms with E-state index in [1.165, 1.54) is 12.3 Å². The lowest BCUT2D eigenvalue weighted by atomic mass is 9.97. The van der Waals surface area contributed by atoms with Crippen LogP contribution in [0.2, 0.25) is 0 Å². The number of hydrogen-bond donors (Lipinski definition) is 3. The molecule has 0 spiro atoms. The van der Waals surface area contributed by atoms with Crippen LogP contribution in [0.4, 0.5) is 0 Å². The number of fused-ring (bicyclic) bond motifs is 3. The highest BCUT2D eigenvalue weighted by molar-refractivity contribution is 5.94. The Morgan fingerprint density at radius 3 is 2.59 bits per heavy atom. The van der Waals surface area contributed by atoms with Crippen LogP contribution in [0.1, 0.15) is 37.8 Å². The SMILES string of the molecule is CC[C@@H](C)[C@H]1NC(=O)[C@H]2[C@H](CCN2C(=O)[C@H](Cc2ccccc2)N(C)C)Oc2ccc(O)c(c2)/C=C/NC1=O. The van der Waals surface area contributed by atoms with E-state index in [-0.39, 0.29) is 23.5 Å². The topological polar surface area (TPSA) is 111 Å². The zero-order chi connectivity index (χ0) is 28.1. The Bertz CT molecular complexity index is 1220. The molecule has 39 heavy (non-hydrogen) atoms. The van der Waals surface area contributed by atoms with Crippen LogP contribution in [-0.4, -0.2) is 77.5 Å². The number of amides is 3. The van der Waals surface area contributed by atoms with Gasteiger partial charge in [-0.1, -0.05) is 50.6 Å². The van der Waals surface area contributed by atoms with Gasteiger partial charge in [0.1, 0.15) is 29.7 Å². The third-order valence-electron chi connectivity index (χ3n) is 7.64. The van der Waals surface area contributed by atoms with E-state index in [1.807, 2.05) is 63.2 Å². The van der Waals surface area contributed by atoms with Crippen molar-refractivity contribution in [3.05, 3.63) is 65.9 Å². The second-order valence-corrected chi connectivity index (χ2v) is 10.5. The third kappa shape index (κ3) is 6.42. The van der Waals surface area contributed by atoms with Crippen molar-refractivity contribution >= 4 is 23.8 Å². The normalized spacial score (nSPS) is 23.7. The first kappa shape index (κ1) is 28.2. The first-order chi connectivity index (χ1) is 18.7. The maximum absolute atomic E-state index is 14.0. The fraction of sp³-hybridized carbons (Fsp3) is 0.433. The van der Waals surface area contributed by atoms with Crippen LogP contribution in [0.25, 0.3) is 6.08 Å². The van der Waals surface area contributed by atoms with Crippen LogP contribution in [0.5, 0.6) is 11.5 Å². The predicted octanol–water partition coefficient (Wildman–Crippen LogP) is 2.54. The van der Waals surface area contributed by atoms with Crippen molar-refractivity contribution in [1.82, 2.24) is 20.4 Å². The molecule has 0 aromatic heterocycles. The first-order valence-corrected chi connectivity index (χ1v) is 13.5. The van der Waals surface area contributed by atoms with Crippen molar-refractivity contribution < 1.29 is 24.2 Å². The van der Waals surface area contributed by atoms with Gasteiger partial charge in [0.25, 0.3) is 0 Å². The van der Waals surface area contributed by atoms with Crippen molar-refractivity contribution in [2.45, 2.75) is 57.3 Å². The zero-order valence-electron chi connectivity index (χ0n) is 23.0.